The van der Waals surface area contributed by atoms with Crippen molar-refractivity contribution in [1.82, 2.24) is 4.57 Å². The van der Waals surface area contributed by atoms with E-state index in [-0.39, 0.29) is 5.78 Å². The van der Waals surface area contributed by atoms with Crippen LogP contribution in [-0.2, 0) is 0 Å². The zero-order valence-electron chi connectivity index (χ0n) is 18.7. The molecule has 2 heteroatoms. The Morgan fingerprint density at radius 3 is 2.16 bits per heavy atom. The van der Waals surface area contributed by atoms with Crippen LogP contribution in [0.4, 0.5) is 0 Å². The van der Waals surface area contributed by atoms with Crippen molar-refractivity contribution in [3.05, 3.63) is 107 Å². The Balaban J connectivity index is 1.80. The lowest BCUT2D eigenvalue weighted by atomic mass is 9.91. The van der Waals surface area contributed by atoms with E-state index in [4.69, 9.17) is 0 Å². The number of hydrogen-bond acceptors (Lipinski definition) is 1. The van der Waals surface area contributed by atoms with Crippen molar-refractivity contribution in [2.75, 3.05) is 0 Å². The van der Waals surface area contributed by atoms with Gasteiger partial charge in [0.15, 0.2) is 5.78 Å². The van der Waals surface area contributed by atoms with Gasteiger partial charge in [-0.3, -0.25) is 4.79 Å². The van der Waals surface area contributed by atoms with E-state index in [1.54, 1.807) is 0 Å². The van der Waals surface area contributed by atoms with Crippen LogP contribution in [0.2, 0.25) is 0 Å². The summed E-state index contributed by atoms with van der Waals surface area (Å²) in [6.45, 7) is 6.68. The van der Waals surface area contributed by atoms with Gasteiger partial charge in [-0.15, -0.1) is 0 Å². The predicted molar refractivity (Wildman–Crippen MR) is 130 cm³/mol. The molecule has 31 heavy (non-hydrogen) atoms. The van der Waals surface area contributed by atoms with Crippen molar-refractivity contribution < 1.29 is 4.79 Å². The van der Waals surface area contributed by atoms with Crippen LogP contribution in [0, 0.1) is 6.92 Å². The molecule has 1 heterocycles. The fourth-order valence-corrected chi connectivity index (χ4v) is 4.89. The highest BCUT2D eigenvalue weighted by Gasteiger charge is 2.25. The summed E-state index contributed by atoms with van der Waals surface area (Å²) in [5.41, 5.74) is 5.21. The molecular weight excluding hydrogens is 378 g/mol. The van der Waals surface area contributed by atoms with E-state index < -0.39 is 0 Å². The minimum absolute atomic E-state index is 0.111. The van der Waals surface area contributed by atoms with Crippen molar-refractivity contribution in [2.45, 2.75) is 52.0 Å². The van der Waals surface area contributed by atoms with Crippen LogP contribution in [-0.4, -0.2) is 10.4 Å². The SMILES string of the molecule is CCCC(CC(C)c1ccccc1)n1c(C)c(C(=O)c2ccccc2)c2ccccc21. The average Bonchev–Trinajstić information content (AvgIpc) is 3.11. The lowest BCUT2D eigenvalue weighted by molar-refractivity contribution is 0.103. The Morgan fingerprint density at radius 2 is 1.48 bits per heavy atom. The van der Waals surface area contributed by atoms with Crippen LogP contribution in [0.25, 0.3) is 10.9 Å². The summed E-state index contributed by atoms with van der Waals surface area (Å²) in [5, 5.41) is 1.06. The smallest absolute Gasteiger partial charge is 0.195 e. The number of para-hydroxylation sites is 1. The Bertz CT molecular complexity index is 1160. The first-order chi connectivity index (χ1) is 15.1. The van der Waals surface area contributed by atoms with Gasteiger partial charge in [-0.1, -0.05) is 99.1 Å². The van der Waals surface area contributed by atoms with E-state index in [1.165, 1.54) is 5.56 Å². The lowest BCUT2D eigenvalue weighted by Gasteiger charge is -2.25. The normalized spacial score (nSPS) is 13.3. The van der Waals surface area contributed by atoms with Gasteiger partial charge in [-0.05, 0) is 37.3 Å². The third kappa shape index (κ3) is 4.20. The molecule has 2 unspecified atom stereocenters. The maximum absolute atomic E-state index is 13.5. The second-order valence-corrected chi connectivity index (χ2v) is 8.53. The summed E-state index contributed by atoms with van der Waals surface area (Å²) in [6.07, 6.45) is 3.26. The molecule has 1 aromatic heterocycles. The molecule has 2 nitrogen and oxygen atoms in total. The number of carbonyl (C=O) groups is 1. The zero-order valence-corrected chi connectivity index (χ0v) is 18.7. The van der Waals surface area contributed by atoms with Crippen molar-refractivity contribution in [1.29, 1.82) is 0 Å². The van der Waals surface area contributed by atoms with E-state index in [2.05, 4.69) is 73.9 Å². The van der Waals surface area contributed by atoms with E-state index in [0.717, 1.165) is 47.0 Å². The number of fused-ring (bicyclic) bond motifs is 1. The molecule has 0 fully saturated rings. The van der Waals surface area contributed by atoms with E-state index in [9.17, 15) is 4.79 Å². The highest BCUT2D eigenvalue weighted by molar-refractivity contribution is 6.17. The molecule has 0 bridgehead atoms. The fraction of sp³-hybridized carbons (Fsp3) is 0.276. The topological polar surface area (TPSA) is 22.0 Å². The van der Waals surface area contributed by atoms with Crippen molar-refractivity contribution in [2.24, 2.45) is 0 Å². The molecule has 4 rings (SSSR count). The summed E-state index contributed by atoms with van der Waals surface area (Å²) < 4.78 is 2.44. The van der Waals surface area contributed by atoms with Crippen LogP contribution < -0.4 is 0 Å². The summed E-state index contributed by atoms with van der Waals surface area (Å²) in [4.78, 5) is 13.5. The molecule has 2 atom stereocenters. The van der Waals surface area contributed by atoms with E-state index in [1.807, 2.05) is 36.4 Å². The molecule has 0 spiro atoms. The number of carbonyl (C=O) groups excluding carboxylic acids is 1. The Morgan fingerprint density at radius 1 is 0.871 bits per heavy atom. The minimum atomic E-state index is 0.111. The average molecular weight is 410 g/mol. The molecule has 0 radical (unpaired) electrons. The maximum atomic E-state index is 13.5. The number of aromatic nitrogens is 1. The van der Waals surface area contributed by atoms with E-state index >= 15 is 0 Å². The van der Waals surface area contributed by atoms with Gasteiger partial charge in [0, 0.05) is 28.2 Å². The Kier molecular flexibility index (Phi) is 6.36. The van der Waals surface area contributed by atoms with Crippen LogP contribution in [0.15, 0.2) is 84.9 Å². The van der Waals surface area contributed by atoms with Crippen LogP contribution in [0.3, 0.4) is 0 Å². The van der Waals surface area contributed by atoms with Gasteiger partial charge in [0.25, 0.3) is 0 Å². The second-order valence-electron chi connectivity index (χ2n) is 8.53. The van der Waals surface area contributed by atoms with Gasteiger partial charge in [0.05, 0.1) is 5.56 Å². The van der Waals surface area contributed by atoms with Crippen molar-refractivity contribution in [3.63, 3.8) is 0 Å². The second kappa shape index (κ2) is 9.34. The zero-order chi connectivity index (χ0) is 21.8. The molecule has 158 valence electrons. The summed E-state index contributed by atoms with van der Waals surface area (Å²) in [7, 11) is 0. The van der Waals surface area contributed by atoms with Crippen LogP contribution in [0.1, 0.15) is 72.2 Å². The number of ketones is 1. The van der Waals surface area contributed by atoms with Crippen LogP contribution >= 0.6 is 0 Å². The molecule has 0 amide bonds. The highest BCUT2D eigenvalue weighted by Crippen LogP contribution is 2.36. The van der Waals surface area contributed by atoms with Gasteiger partial charge in [-0.25, -0.2) is 0 Å². The molecule has 0 aliphatic rings. The number of rotatable bonds is 8. The molecule has 4 aromatic rings. The lowest BCUT2D eigenvalue weighted by Crippen LogP contribution is -2.14. The van der Waals surface area contributed by atoms with Gasteiger partial charge in [-0.2, -0.15) is 0 Å². The monoisotopic (exact) mass is 409 g/mol. The van der Waals surface area contributed by atoms with Crippen LogP contribution in [0.5, 0.6) is 0 Å². The summed E-state index contributed by atoms with van der Waals surface area (Å²) in [6, 6.07) is 29.1. The van der Waals surface area contributed by atoms with E-state index in [0.29, 0.717) is 12.0 Å². The molecule has 3 aromatic carbocycles. The first kappa shape index (κ1) is 21.1. The van der Waals surface area contributed by atoms with Gasteiger partial charge in [0.2, 0.25) is 0 Å². The molecule has 0 N–H and O–H groups in total. The summed E-state index contributed by atoms with van der Waals surface area (Å²) >= 11 is 0. The quantitative estimate of drug-likeness (QED) is 0.273. The standard InChI is InChI=1S/C29H31NO/c1-4-13-25(20-21(2)23-14-7-5-8-15-23)30-22(3)28(26-18-11-12-19-27(26)30)29(31)24-16-9-6-10-17-24/h5-12,14-19,21,25H,4,13,20H2,1-3H3. The molecule has 0 saturated heterocycles. The Hall–Kier alpha value is -3.13. The first-order valence-corrected chi connectivity index (χ1v) is 11.4. The molecule has 0 aliphatic carbocycles. The largest absolute Gasteiger partial charge is 0.341 e. The van der Waals surface area contributed by atoms with Crippen molar-refractivity contribution >= 4 is 16.7 Å². The third-order valence-electron chi connectivity index (χ3n) is 6.40. The predicted octanol–water partition coefficient (Wildman–Crippen LogP) is 7.72. The molecule has 0 aliphatic heterocycles. The number of hydrogen-bond donors (Lipinski definition) is 0. The third-order valence-corrected chi connectivity index (χ3v) is 6.40. The van der Waals surface area contributed by atoms with Gasteiger partial charge >= 0.3 is 0 Å². The molecule has 0 saturated carbocycles. The van der Waals surface area contributed by atoms with Gasteiger partial charge < -0.3 is 4.57 Å². The van der Waals surface area contributed by atoms with Gasteiger partial charge in [0.1, 0.15) is 0 Å². The Labute approximate surface area is 185 Å². The fourth-order valence-electron chi connectivity index (χ4n) is 4.89. The minimum Gasteiger partial charge on any atom is -0.341 e. The number of benzene rings is 3. The first-order valence-electron chi connectivity index (χ1n) is 11.4. The maximum Gasteiger partial charge on any atom is 0.195 e. The van der Waals surface area contributed by atoms with Crippen molar-refractivity contribution in [3.8, 4) is 0 Å². The summed E-state index contributed by atoms with van der Waals surface area (Å²) in [5.74, 6) is 0.561. The highest BCUT2D eigenvalue weighted by atomic mass is 16.1. The molecular formula is C29H31NO. The number of nitrogens with zero attached hydrogens (tertiary/aromatic N) is 1.